The molecule has 1 aromatic carbocycles. The third-order valence-corrected chi connectivity index (χ3v) is 3.35. The van der Waals surface area contributed by atoms with E-state index in [1.54, 1.807) is 13.1 Å². The molecule has 1 heterocycles. The summed E-state index contributed by atoms with van der Waals surface area (Å²) in [5.41, 5.74) is 11.0. The van der Waals surface area contributed by atoms with E-state index in [2.05, 4.69) is 34.3 Å². The van der Waals surface area contributed by atoms with Crippen molar-refractivity contribution >= 4 is 17.3 Å². The van der Waals surface area contributed by atoms with E-state index in [-0.39, 0.29) is 24.0 Å². The van der Waals surface area contributed by atoms with Gasteiger partial charge in [-0.25, -0.2) is 0 Å². The number of fused-ring (bicyclic) bond motifs is 1. The monoisotopic (exact) mass is 343 g/mol. The Balaban J connectivity index is 2.02. The Morgan fingerprint density at radius 3 is 2.96 bits per heavy atom. The number of nitrogens with one attached hydrogen (secondary N) is 3. The number of hydrogen-bond acceptors (Lipinski definition) is 7. The van der Waals surface area contributed by atoms with E-state index in [0.717, 1.165) is 5.56 Å². The van der Waals surface area contributed by atoms with Crippen LogP contribution in [0.15, 0.2) is 59.7 Å². The molecule has 0 bridgehead atoms. The second-order valence-electron chi connectivity index (χ2n) is 5.27. The van der Waals surface area contributed by atoms with Crippen LogP contribution in [-0.2, 0) is 11.3 Å². The van der Waals surface area contributed by atoms with Gasteiger partial charge in [-0.15, -0.1) is 0 Å². The fraction of sp³-hybridized carbons (Fsp3) is 0.176. The number of benzene rings is 1. The standard InChI is InChI=1S/C17H21N5O3/c1-10(13(18)7-14(11(2)23)22-19-3)20-8-12-4-5-16-15(6-12)21-17(24)9-25-16/h4-7,19-20,23H,1-2,8-9,18H2,3H3,(H,21,24). The van der Waals surface area contributed by atoms with Crippen molar-refractivity contribution in [3.8, 4) is 5.75 Å². The topological polar surface area (TPSA) is 121 Å². The first-order valence-corrected chi connectivity index (χ1v) is 7.49. The second-order valence-corrected chi connectivity index (χ2v) is 5.27. The molecule has 8 nitrogen and oxygen atoms in total. The van der Waals surface area contributed by atoms with Crippen molar-refractivity contribution < 1.29 is 14.6 Å². The van der Waals surface area contributed by atoms with Gasteiger partial charge in [-0.05, 0) is 23.8 Å². The smallest absolute Gasteiger partial charge is 0.262 e. The summed E-state index contributed by atoms with van der Waals surface area (Å²) >= 11 is 0. The predicted molar refractivity (Wildman–Crippen MR) is 97.1 cm³/mol. The van der Waals surface area contributed by atoms with E-state index in [9.17, 15) is 9.90 Å². The predicted octanol–water partition coefficient (Wildman–Crippen LogP) is 1.11. The quantitative estimate of drug-likeness (QED) is 0.219. The molecule has 0 unspecified atom stereocenters. The van der Waals surface area contributed by atoms with Crippen molar-refractivity contribution in [3.63, 3.8) is 0 Å². The lowest BCUT2D eigenvalue weighted by Crippen LogP contribution is -2.25. The van der Waals surface area contributed by atoms with Gasteiger partial charge < -0.3 is 31.6 Å². The highest BCUT2D eigenvalue weighted by Crippen LogP contribution is 2.28. The lowest BCUT2D eigenvalue weighted by Gasteiger charge is -2.19. The number of nitrogens with zero attached hydrogens (tertiary/aromatic N) is 1. The molecule has 0 spiro atoms. The van der Waals surface area contributed by atoms with Gasteiger partial charge in [0, 0.05) is 13.6 Å². The number of hydrazone groups is 1. The van der Waals surface area contributed by atoms with Crippen LogP contribution in [0.1, 0.15) is 5.56 Å². The highest BCUT2D eigenvalue weighted by atomic mass is 16.5. The SMILES string of the molecule is C=C(O)C(C=C(N)C(=C)NCc1ccc2c(c1)NC(=O)CO2)=NNC. The molecular weight excluding hydrogens is 322 g/mol. The van der Waals surface area contributed by atoms with Crippen LogP contribution >= 0.6 is 0 Å². The fourth-order valence-electron chi connectivity index (χ4n) is 2.09. The Morgan fingerprint density at radius 1 is 1.52 bits per heavy atom. The number of hydrogen-bond donors (Lipinski definition) is 5. The molecule has 1 amide bonds. The van der Waals surface area contributed by atoms with Gasteiger partial charge in [0.2, 0.25) is 0 Å². The summed E-state index contributed by atoms with van der Waals surface area (Å²) in [6.07, 6.45) is 1.45. The Morgan fingerprint density at radius 2 is 2.28 bits per heavy atom. The van der Waals surface area contributed by atoms with E-state index in [4.69, 9.17) is 10.5 Å². The van der Waals surface area contributed by atoms with Gasteiger partial charge in [-0.2, -0.15) is 5.10 Å². The Kier molecular flexibility index (Phi) is 5.67. The van der Waals surface area contributed by atoms with Gasteiger partial charge in [0.15, 0.2) is 6.61 Å². The number of amides is 1. The first kappa shape index (κ1) is 17.9. The van der Waals surface area contributed by atoms with Crippen LogP contribution in [0.3, 0.4) is 0 Å². The first-order valence-electron chi connectivity index (χ1n) is 7.49. The van der Waals surface area contributed by atoms with Gasteiger partial charge in [0.25, 0.3) is 5.91 Å². The molecule has 1 aliphatic rings. The number of anilines is 1. The van der Waals surface area contributed by atoms with Crippen molar-refractivity contribution in [2.45, 2.75) is 6.54 Å². The molecule has 25 heavy (non-hydrogen) atoms. The molecular formula is C17H21N5O3. The molecule has 0 aliphatic carbocycles. The van der Waals surface area contributed by atoms with Crippen LogP contribution in [0.4, 0.5) is 5.69 Å². The van der Waals surface area contributed by atoms with Crippen LogP contribution in [0.5, 0.6) is 5.75 Å². The highest BCUT2D eigenvalue weighted by Gasteiger charge is 2.15. The average Bonchev–Trinajstić information content (AvgIpc) is 2.58. The van der Waals surface area contributed by atoms with E-state index in [0.29, 0.717) is 29.4 Å². The number of allylic oxidation sites excluding steroid dienone is 1. The summed E-state index contributed by atoms with van der Waals surface area (Å²) in [6.45, 7) is 7.73. The fourth-order valence-corrected chi connectivity index (χ4v) is 2.09. The van der Waals surface area contributed by atoms with Crippen LogP contribution < -0.4 is 26.5 Å². The number of aliphatic hydroxyl groups is 1. The lowest BCUT2D eigenvalue weighted by atomic mass is 10.1. The maximum atomic E-state index is 11.4. The molecule has 6 N–H and O–H groups in total. The Bertz CT molecular complexity index is 768. The zero-order valence-electron chi connectivity index (χ0n) is 13.9. The molecule has 1 aromatic rings. The number of nitrogens with two attached hydrogens (primary N) is 1. The molecule has 8 heteroatoms. The van der Waals surface area contributed by atoms with E-state index < -0.39 is 0 Å². The summed E-state index contributed by atoms with van der Waals surface area (Å²) in [4.78, 5) is 11.4. The summed E-state index contributed by atoms with van der Waals surface area (Å²) in [5, 5.41) is 19.1. The molecule has 0 saturated heterocycles. The molecule has 0 saturated carbocycles. The van der Waals surface area contributed by atoms with Gasteiger partial charge in [-0.3, -0.25) is 4.79 Å². The summed E-state index contributed by atoms with van der Waals surface area (Å²) in [7, 11) is 1.60. The lowest BCUT2D eigenvalue weighted by molar-refractivity contribution is -0.118. The van der Waals surface area contributed by atoms with Crippen molar-refractivity contribution in [2.75, 3.05) is 19.0 Å². The Labute approximate surface area is 145 Å². The summed E-state index contributed by atoms with van der Waals surface area (Å²) < 4.78 is 5.31. The van der Waals surface area contributed by atoms with Crippen LogP contribution in [0.25, 0.3) is 0 Å². The van der Waals surface area contributed by atoms with Gasteiger partial charge >= 0.3 is 0 Å². The number of carbonyl (C=O) groups is 1. The van der Waals surface area contributed by atoms with E-state index >= 15 is 0 Å². The van der Waals surface area contributed by atoms with Crippen LogP contribution in [0, 0.1) is 0 Å². The zero-order chi connectivity index (χ0) is 18.4. The van der Waals surface area contributed by atoms with Gasteiger partial charge in [0.1, 0.15) is 17.2 Å². The van der Waals surface area contributed by atoms with Crippen molar-refractivity contribution in [1.82, 2.24) is 10.7 Å². The molecule has 1 aliphatic heterocycles. The zero-order valence-corrected chi connectivity index (χ0v) is 13.9. The molecule has 132 valence electrons. The third kappa shape index (κ3) is 4.77. The van der Waals surface area contributed by atoms with E-state index in [1.165, 1.54) is 6.08 Å². The molecule has 0 aromatic heterocycles. The number of aliphatic hydroxyl groups excluding tert-OH is 1. The number of ether oxygens (including phenoxy) is 1. The van der Waals surface area contributed by atoms with Crippen molar-refractivity contribution in [1.29, 1.82) is 0 Å². The van der Waals surface area contributed by atoms with Crippen LogP contribution in [0.2, 0.25) is 0 Å². The molecule has 0 fully saturated rings. The number of carbonyl (C=O) groups excluding carboxylic acids is 1. The summed E-state index contributed by atoms with van der Waals surface area (Å²) in [6, 6.07) is 5.48. The molecule has 0 radical (unpaired) electrons. The highest BCUT2D eigenvalue weighted by molar-refractivity contribution is 6.06. The average molecular weight is 343 g/mol. The van der Waals surface area contributed by atoms with E-state index in [1.807, 2.05) is 12.1 Å². The first-order chi connectivity index (χ1) is 11.9. The minimum absolute atomic E-state index is 0.0232. The molecule has 0 atom stereocenters. The second kappa shape index (κ2) is 7.91. The van der Waals surface area contributed by atoms with Gasteiger partial charge in [-0.1, -0.05) is 19.2 Å². The summed E-state index contributed by atoms with van der Waals surface area (Å²) in [5.74, 6) is 0.237. The maximum absolute atomic E-state index is 11.4. The van der Waals surface area contributed by atoms with Crippen LogP contribution in [-0.4, -0.2) is 30.4 Å². The maximum Gasteiger partial charge on any atom is 0.262 e. The molecule has 2 rings (SSSR count). The number of rotatable bonds is 7. The van der Waals surface area contributed by atoms with Crippen molar-refractivity contribution in [3.05, 3.63) is 60.1 Å². The largest absolute Gasteiger partial charge is 0.506 e. The Hall–Kier alpha value is -3.42. The normalized spacial score (nSPS) is 14.0. The minimum Gasteiger partial charge on any atom is -0.506 e. The minimum atomic E-state index is -0.212. The van der Waals surface area contributed by atoms with Gasteiger partial charge in [0.05, 0.1) is 17.1 Å². The third-order valence-electron chi connectivity index (χ3n) is 3.35. The van der Waals surface area contributed by atoms with Crippen molar-refractivity contribution in [2.24, 2.45) is 10.8 Å².